The number of nitrogens with zero attached hydrogens (tertiary/aromatic N) is 2. The van der Waals surface area contributed by atoms with E-state index in [1.807, 2.05) is 0 Å². The Labute approximate surface area is 105 Å². The number of hydrogen-bond acceptors (Lipinski definition) is 5. The molecule has 0 bridgehead atoms. The molecule has 1 unspecified atom stereocenters. The summed E-state index contributed by atoms with van der Waals surface area (Å²) in [6, 6.07) is 6.20. The van der Waals surface area contributed by atoms with Crippen LogP contribution >= 0.6 is 0 Å². The predicted octanol–water partition coefficient (Wildman–Crippen LogP) is 0.533. The normalized spacial score (nSPS) is 18.5. The molecular weight excluding hydrogens is 234 g/mol. The number of β-amino-alcohol motifs (C(OH)–C–C–N with tert-alkyl or cyclic N) is 1. The van der Waals surface area contributed by atoms with E-state index in [0.29, 0.717) is 12.1 Å². The number of nitrogens with one attached hydrogen (secondary N) is 1. The van der Waals surface area contributed by atoms with Crippen LogP contribution in [0.3, 0.4) is 0 Å². The van der Waals surface area contributed by atoms with Gasteiger partial charge >= 0.3 is 0 Å². The molecule has 6 nitrogen and oxygen atoms in total. The largest absolute Gasteiger partial charge is 0.387 e. The van der Waals surface area contributed by atoms with Crippen LogP contribution < -0.4 is 5.32 Å². The van der Waals surface area contributed by atoms with Gasteiger partial charge < -0.3 is 10.4 Å². The zero-order chi connectivity index (χ0) is 13.0. The fourth-order valence-corrected chi connectivity index (χ4v) is 2.09. The van der Waals surface area contributed by atoms with Crippen molar-refractivity contribution in [3.8, 4) is 0 Å². The highest BCUT2D eigenvalue weighted by Crippen LogP contribution is 2.20. The van der Waals surface area contributed by atoms with Crippen molar-refractivity contribution in [3.05, 3.63) is 39.9 Å². The molecule has 0 aliphatic carbocycles. The Balaban J connectivity index is 2.01. The molecule has 6 heteroatoms. The molecule has 0 amide bonds. The first kappa shape index (κ1) is 12.9. The lowest BCUT2D eigenvalue weighted by molar-refractivity contribution is -0.385. The minimum Gasteiger partial charge on any atom is -0.387 e. The highest BCUT2D eigenvalue weighted by atomic mass is 16.6. The first-order valence-electron chi connectivity index (χ1n) is 6.02. The lowest BCUT2D eigenvalue weighted by Crippen LogP contribution is -2.44. The molecule has 2 N–H and O–H groups in total. The predicted molar refractivity (Wildman–Crippen MR) is 67.4 cm³/mol. The number of aliphatic hydroxyl groups excluding tert-OH is 1. The van der Waals surface area contributed by atoms with Gasteiger partial charge in [0.15, 0.2) is 0 Å². The maximum atomic E-state index is 10.7. The lowest BCUT2D eigenvalue weighted by atomic mass is 10.1. The van der Waals surface area contributed by atoms with Crippen LogP contribution in [0.2, 0.25) is 0 Å². The molecule has 98 valence electrons. The summed E-state index contributed by atoms with van der Waals surface area (Å²) in [4.78, 5) is 12.4. The molecule has 1 fully saturated rings. The molecule has 0 spiro atoms. The minimum atomic E-state index is -0.678. The Morgan fingerprint density at radius 1 is 1.44 bits per heavy atom. The van der Waals surface area contributed by atoms with Crippen LogP contribution in [0.4, 0.5) is 5.69 Å². The number of non-ortho nitro benzene ring substituents is 1. The van der Waals surface area contributed by atoms with Crippen molar-refractivity contribution in [2.45, 2.75) is 6.10 Å². The smallest absolute Gasteiger partial charge is 0.269 e. The van der Waals surface area contributed by atoms with Crippen LogP contribution in [0.15, 0.2) is 24.3 Å². The van der Waals surface area contributed by atoms with Gasteiger partial charge in [-0.1, -0.05) is 12.1 Å². The van der Waals surface area contributed by atoms with Crippen LogP contribution in [-0.2, 0) is 0 Å². The standard InChI is InChI=1S/C12H17N3O3/c16-12(9-14-6-4-13-5-7-14)10-2-1-3-11(8-10)15(17)18/h1-3,8,12-13,16H,4-7,9H2. The number of hydrogen-bond donors (Lipinski definition) is 2. The summed E-state index contributed by atoms with van der Waals surface area (Å²) in [6.07, 6.45) is -0.678. The van der Waals surface area contributed by atoms with Crippen LogP contribution in [0.25, 0.3) is 0 Å². The molecule has 2 rings (SSSR count). The van der Waals surface area contributed by atoms with E-state index in [1.165, 1.54) is 12.1 Å². The molecule has 0 saturated carbocycles. The number of benzene rings is 1. The Hall–Kier alpha value is -1.50. The van der Waals surface area contributed by atoms with E-state index in [-0.39, 0.29) is 5.69 Å². The van der Waals surface area contributed by atoms with Crippen molar-refractivity contribution < 1.29 is 10.0 Å². The zero-order valence-corrected chi connectivity index (χ0v) is 10.1. The first-order chi connectivity index (χ1) is 8.66. The van der Waals surface area contributed by atoms with Gasteiger partial charge in [-0.2, -0.15) is 0 Å². The molecule has 1 atom stereocenters. The molecule has 1 aromatic carbocycles. The Bertz CT molecular complexity index is 419. The van der Waals surface area contributed by atoms with E-state index in [9.17, 15) is 15.2 Å². The van der Waals surface area contributed by atoms with Crippen molar-refractivity contribution in [1.82, 2.24) is 10.2 Å². The Morgan fingerprint density at radius 2 is 2.17 bits per heavy atom. The second-order valence-electron chi connectivity index (χ2n) is 4.42. The zero-order valence-electron chi connectivity index (χ0n) is 10.1. The Morgan fingerprint density at radius 3 is 2.83 bits per heavy atom. The molecule has 1 heterocycles. The Kier molecular flexibility index (Phi) is 4.24. The van der Waals surface area contributed by atoms with E-state index in [1.54, 1.807) is 12.1 Å². The van der Waals surface area contributed by atoms with E-state index < -0.39 is 11.0 Å². The second kappa shape index (κ2) is 5.90. The topological polar surface area (TPSA) is 78.6 Å². The van der Waals surface area contributed by atoms with E-state index in [2.05, 4.69) is 10.2 Å². The molecule has 1 aliphatic rings. The van der Waals surface area contributed by atoms with Gasteiger partial charge in [-0.15, -0.1) is 0 Å². The molecule has 0 radical (unpaired) electrons. The number of piperazine rings is 1. The summed E-state index contributed by atoms with van der Waals surface area (Å²) in [5.74, 6) is 0. The SMILES string of the molecule is O=[N+]([O-])c1cccc(C(O)CN2CCNCC2)c1. The van der Waals surface area contributed by atoms with Gasteiger partial charge in [0.25, 0.3) is 5.69 Å². The quantitative estimate of drug-likeness (QED) is 0.603. The third-order valence-electron chi connectivity index (χ3n) is 3.11. The number of aliphatic hydroxyl groups is 1. The lowest BCUT2D eigenvalue weighted by Gasteiger charge is -2.29. The molecule has 1 aromatic rings. The highest BCUT2D eigenvalue weighted by Gasteiger charge is 2.17. The van der Waals surface area contributed by atoms with E-state index in [0.717, 1.165) is 26.2 Å². The average molecular weight is 251 g/mol. The molecule has 18 heavy (non-hydrogen) atoms. The van der Waals surface area contributed by atoms with Crippen molar-refractivity contribution in [2.24, 2.45) is 0 Å². The average Bonchev–Trinajstić information content (AvgIpc) is 2.40. The van der Waals surface area contributed by atoms with Crippen LogP contribution in [-0.4, -0.2) is 47.7 Å². The summed E-state index contributed by atoms with van der Waals surface area (Å²) in [6.45, 7) is 4.14. The third kappa shape index (κ3) is 3.25. The van der Waals surface area contributed by atoms with Gasteiger partial charge in [-0.05, 0) is 5.56 Å². The second-order valence-corrected chi connectivity index (χ2v) is 4.42. The monoisotopic (exact) mass is 251 g/mol. The van der Waals surface area contributed by atoms with Gasteiger partial charge in [0.05, 0.1) is 11.0 Å². The van der Waals surface area contributed by atoms with Crippen molar-refractivity contribution in [3.63, 3.8) is 0 Å². The van der Waals surface area contributed by atoms with Gasteiger partial charge in [0, 0.05) is 44.9 Å². The summed E-state index contributed by atoms with van der Waals surface area (Å²) < 4.78 is 0. The fourth-order valence-electron chi connectivity index (χ4n) is 2.09. The summed E-state index contributed by atoms with van der Waals surface area (Å²) in [5, 5.41) is 24.0. The van der Waals surface area contributed by atoms with Crippen LogP contribution in [0.5, 0.6) is 0 Å². The molecule has 1 aliphatic heterocycles. The molecule has 0 aromatic heterocycles. The van der Waals surface area contributed by atoms with Gasteiger partial charge in [-0.25, -0.2) is 0 Å². The highest BCUT2D eigenvalue weighted by molar-refractivity contribution is 5.35. The fraction of sp³-hybridized carbons (Fsp3) is 0.500. The summed E-state index contributed by atoms with van der Waals surface area (Å²) >= 11 is 0. The van der Waals surface area contributed by atoms with Gasteiger partial charge in [-0.3, -0.25) is 15.0 Å². The minimum absolute atomic E-state index is 0.0202. The van der Waals surface area contributed by atoms with Crippen molar-refractivity contribution >= 4 is 5.69 Å². The van der Waals surface area contributed by atoms with Gasteiger partial charge in [0.1, 0.15) is 0 Å². The third-order valence-corrected chi connectivity index (χ3v) is 3.11. The maximum Gasteiger partial charge on any atom is 0.269 e. The van der Waals surface area contributed by atoms with Crippen molar-refractivity contribution in [2.75, 3.05) is 32.7 Å². The van der Waals surface area contributed by atoms with E-state index in [4.69, 9.17) is 0 Å². The number of rotatable bonds is 4. The number of nitro groups is 1. The summed E-state index contributed by atoms with van der Waals surface area (Å²) in [7, 11) is 0. The molecular formula is C12H17N3O3. The van der Waals surface area contributed by atoms with Crippen LogP contribution in [0.1, 0.15) is 11.7 Å². The van der Waals surface area contributed by atoms with Gasteiger partial charge in [0.2, 0.25) is 0 Å². The van der Waals surface area contributed by atoms with Crippen molar-refractivity contribution in [1.29, 1.82) is 0 Å². The van der Waals surface area contributed by atoms with Crippen LogP contribution in [0, 0.1) is 10.1 Å². The maximum absolute atomic E-state index is 10.7. The molecule has 1 saturated heterocycles. The van der Waals surface area contributed by atoms with E-state index >= 15 is 0 Å². The summed E-state index contributed by atoms with van der Waals surface area (Å²) in [5.41, 5.74) is 0.620. The first-order valence-corrected chi connectivity index (χ1v) is 6.02. The number of nitro benzene ring substituents is 1.